The van der Waals surface area contributed by atoms with E-state index in [4.69, 9.17) is 23.2 Å². The zero-order valence-electron chi connectivity index (χ0n) is 11.3. The van der Waals surface area contributed by atoms with Gasteiger partial charge >= 0.3 is 0 Å². The van der Waals surface area contributed by atoms with Crippen LogP contribution in [0, 0.1) is 0 Å². The Morgan fingerprint density at radius 2 is 1.80 bits per heavy atom. The maximum atomic E-state index is 12.2. The first kappa shape index (κ1) is 15.6. The fourth-order valence-electron chi connectivity index (χ4n) is 2.75. The van der Waals surface area contributed by atoms with Gasteiger partial charge in [0.05, 0.1) is 18.6 Å². The van der Waals surface area contributed by atoms with Crippen LogP contribution in [-0.4, -0.2) is 23.2 Å². The van der Waals surface area contributed by atoms with Crippen molar-refractivity contribution < 1.29 is 9.90 Å². The van der Waals surface area contributed by atoms with Gasteiger partial charge in [0.25, 0.3) is 0 Å². The molecule has 0 radical (unpaired) electrons. The largest absolute Gasteiger partial charge is 0.394 e. The molecule has 1 fully saturated rings. The number of carbonyl (C=O) groups is 1. The van der Waals surface area contributed by atoms with Crippen molar-refractivity contribution in [2.45, 2.75) is 44.1 Å². The van der Waals surface area contributed by atoms with E-state index in [1.807, 2.05) is 0 Å². The van der Waals surface area contributed by atoms with Crippen LogP contribution < -0.4 is 5.32 Å². The van der Waals surface area contributed by atoms with Crippen LogP contribution in [0.25, 0.3) is 0 Å². The number of nitrogens with one attached hydrogen (secondary N) is 1. The maximum absolute atomic E-state index is 12.2. The molecule has 1 aromatic rings. The molecule has 1 aromatic carbocycles. The zero-order valence-corrected chi connectivity index (χ0v) is 12.8. The van der Waals surface area contributed by atoms with E-state index < -0.39 is 5.54 Å². The SMILES string of the molecule is O=C(Cc1c(Cl)cccc1Cl)NC1(CO)CCCCC1. The molecule has 1 amide bonds. The summed E-state index contributed by atoms with van der Waals surface area (Å²) < 4.78 is 0. The Balaban J connectivity index is 2.05. The minimum atomic E-state index is -0.469. The third-order valence-corrected chi connectivity index (χ3v) is 4.63. The van der Waals surface area contributed by atoms with E-state index >= 15 is 0 Å². The summed E-state index contributed by atoms with van der Waals surface area (Å²) in [4.78, 5) is 12.2. The van der Waals surface area contributed by atoms with Gasteiger partial charge in [0, 0.05) is 10.0 Å². The van der Waals surface area contributed by atoms with Crippen LogP contribution in [0.5, 0.6) is 0 Å². The van der Waals surface area contributed by atoms with Gasteiger partial charge in [0.15, 0.2) is 0 Å². The Morgan fingerprint density at radius 1 is 1.20 bits per heavy atom. The minimum absolute atomic E-state index is 0.0189. The number of hydrogen-bond donors (Lipinski definition) is 2. The predicted octanol–water partition coefficient (Wildman–Crippen LogP) is 3.35. The van der Waals surface area contributed by atoms with Crippen LogP contribution in [0.4, 0.5) is 0 Å². The van der Waals surface area contributed by atoms with Gasteiger partial charge in [0.1, 0.15) is 0 Å². The summed E-state index contributed by atoms with van der Waals surface area (Å²) in [5, 5.41) is 13.6. The van der Waals surface area contributed by atoms with Crippen LogP contribution >= 0.6 is 23.2 Å². The van der Waals surface area contributed by atoms with Crippen molar-refractivity contribution in [3.8, 4) is 0 Å². The quantitative estimate of drug-likeness (QED) is 0.895. The Morgan fingerprint density at radius 3 is 2.35 bits per heavy atom. The Hall–Kier alpha value is -0.770. The van der Waals surface area contributed by atoms with Crippen LogP contribution in [0.3, 0.4) is 0 Å². The van der Waals surface area contributed by atoms with Gasteiger partial charge in [0.2, 0.25) is 5.91 Å². The molecule has 0 atom stereocenters. The summed E-state index contributed by atoms with van der Waals surface area (Å²) in [6.07, 6.45) is 5.02. The highest BCUT2D eigenvalue weighted by atomic mass is 35.5. The highest BCUT2D eigenvalue weighted by molar-refractivity contribution is 6.36. The number of rotatable bonds is 4. The van der Waals surface area contributed by atoms with Gasteiger partial charge in [-0.2, -0.15) is 0 Å². The van der Waals surface area contributed by atoms with E-state index in [2.05, 4.69) is 5.32 Å². The van der Waals surface area contributed by atoms with Gasteiger partial charge in [-0.05, 0) is 30.5 Å². The smallest absolute Gasteiger partial charge is 0.225 e. The fourth-order valence-corrected chi connectivity index (χ4v) is 3.28. The molecule has 1 aliphatic carbocycles. The lowest BCUT2D eigenvalue weighted by molar-refractivity contribution is -0.123. The van der Waals surface area contributed by atoms with Crippen molar-refractivity contribution >= 4 is 29.1 Å². The third-order valence-electron chi connectivity index (χ3n) is 3.92. The lowest BCUT2D eigenvalue weighted by Crippen LogP contribution is -2.53. The molecule has 110 valence electrons. The van der Waals surface area contributed by atoms with Gasteiger partial charge in [-0.15, -0.1) is 0 Å². The number of halogens is 2. The van der Waals surface area contributed by atoms with E-state index in [9.17, 15) is 9.90 Å². The van der Waals surface area contributed by atoms with E-state index in [0.717, 1.165) is 32.1 Å². The summed E-state index contributed by atoms with van der Waals surface area (Å²) in [6.45, 7) is -0.0189. The molecular weight excluding hydrogens is 297 g/mol. The summed E-state index contributed by atoms with van der Waals surface area (Å²) >= 11 is 12.1. The van der Waals surface area contributed by atoms with E-state index in [1.54, 1.807) is 18.2 Å². The third kappa shape index (κ3) is 3.66. The number of aliphatic hydroxyl groups is 1. The molecule has 20 heavy (non-hydrogen) atoms. The number of aliphatic hydroxyl groups excluding tert-OH is 1. The molecule has 0 heterocycles. The molecule has 3 nitrogen and oxygen atoms in total. The molecule has 5 heteroatoms. The van der Waals surface area contributed by atoms with Crippen LogP contribution in [0.15, 0.2) is 18.2 Å². The van der Waals surface area contributed by atoms with Crippen molar-refractivity contribution in [3.63, 3.8) is 0 Å². The van der Waals surface area contributed by atoms with Crippen LogP contribution in [-0.2, 0) is 11.2 Å². The van der Waals surface area contributed by atoms with Gasteiger partial charge in [-0.25, -0.2) is 0 Å². The van der Waals surface area contributed by atoms with Crippen LogP contribution in [0.1, 0.15) is 37.7 Å². The Kier molecular flexibility index (Phi) is 5.30. The topological polar surface area (TPSA) is 49.3 Å². The van der Waals surface area contributed by atoms with Crippen molar-refractivity contribution in [2.75, 3.05) is 6.61 Å². The molecule has 0 spiro atoms. The number of amides is 1. The molecule has 1 aliphatic rings. The maximum Gasteiger partial charge on any atom is 0.225 e. The van der Waals surface area contributed by atoms with Crippen molar-refractivity contribution in [1.29, 1.82) is 0 Å². The summed E-state index contributed by atoms with van der Waals surface area (Å²) in [7, 11) is 0. The average Bonchev–Trinajstić information content (AvgIpc) is 2.44. The molecular formula is C15H19Cl2NO2. The lowest BCUT2D eigenvalue weighted by Gasteiger charge is -2.36. The molecule has 0 aromatic heterocycles. The normalized spacial score (nSPS) is 17.8. The minimum Gasteiger partial charge on any atom is -0.394 e. The second kappa shape index (κ2) is 6.79. The van der Waals surface area contributed by atoms with Gasteiger partial charge < -0.3 is 10.4 Å². The summed E-state index contributed by atoms with van der Waals surface area (Å²) in [6, 6.07) is 5.19. The zero-order chi connectivity index (χ0) is 14.6. The second-order valence-corrected chi connectivity index (χ2v) is 6.24. The molecule has 0 aliphatic heterocycles. The standard InChI is InChI=1S/C15H19Cl2NO2/c16-12-5-4-6-13(17)11(12)9-14(20)18-15(10-19)7-2-1-3-8-15/h4-6,19H,1-3,7-10H2,(H,18,20). The molecule has 2 N–H and O–H groups in total. The Labute approximate surface area is 129 Å². The monoisotopic (exact) mass is 315 g/mol. The molecule has 0 unspecified atom stereocenters. The molecule has 0 saturated heterocycles. The number of hydrogen-bond acceptors (Lipinski definition) is 2. The number of benzene rings is 1. The van der Waals surface area contributed by atoms with Crippen molar-refractivity contribution in [1.82, 2.24) is 5.32 Å². The van der Waals surface area contributed by atoms with E-state index in [0.29, 0.717) is 15.6 Å². The summed E-state index contributed by atoms with van der Waals surface area (Å²) in [5.41, 5.74) is 0.167. The molecule has 2 rings (SSSR count). The average molecular weight is 316 g/mol. The van der Waals surface area contributed by atoms with E-state index in [-0.39, 0.29) is 18.9 Å². The van der Waals surface area contributed by atoms with Crippen LogP contribution in [0.2, 0.25) is 10.0 Å². The van der Waals surface area contributed by atoms with Crippen molar-refractivity contribution in [3.05, 3.63) is 33.8 Å². The Bertz CT molecular complexity index is 465. The van der Waals surface area contributed by atoms with Gasteiger partial charge in [-0.3, -0.25) is 4.79 Å². The highest BCUT2D eigenvalue weighted by Crippen LogP contribution is 2.29. The fraction of sp³-hybridized carbons (Fsp3) is 0.533. The molecule has 1 saturated carbocycles. The first-order chi connectivity index (χ1) is 9.56. The second-order valence-electron chi connectivity index (χ2n) is 5.42. The first-order valence-electron chi connectivity index (χ1n) is 6.91. The summed E-state index contributed by atoms with van der Waals surface area (Å²) in [5.74, 6) is -0.143. The number of carbonyl (C=O) groups excluding carboxylic acids is 1. The first-order valence-corrected chi connectivity index (χ1v) is 7.67. The van der Waals surface area contributed by atoms with Gasteiger partial charge in [-0.1, -0.05) is 48.5 Å². The van der Waals surface area contributed by atoms with Crippen molar-refractivity contribution in [2.24, 2.45) is 0 Å². The van der Waals surface area contributed by atoms with E-state index in [1.165, 1.54) is 0 Å². The molecule has 0 bridgehead atoms. The predicted molar refractivity (Wildman–Crippen MR) is 81.2 cm³/mol. The highest BCUT2D eigenvalue weighted by Gasteiger charge is 2.32. The lowest BCUT2D eigenvalue weighted by atomic mass is 9.82.